The normalized spacial score (nSPS) is 21.4. The fraction of sp³-hybridized carbons (Fsp3) is 0.750. The number of nitriles is 1. The minimum Gasteiger partial charge on any atom is -0.397 e. The SMILES string of the molecule is C[C@](C#N)(O[Si](C)(C)C)C1=CCCCC1. The fourth-order valence-corrected chi connectivity index (χ4v) is 3.45. The van der Waals surface area contributed by atoms with Crippen LogP contribution in [0.3, 0.4) is 0 Å². The molecular formula is C12H21NOSi. The molecule has 84 valence electrons. The Kier molecular flexibility index (Phi) is 3.75. The molecule has 0 amide bonds. The van der Waals surface area contributed by atoms with E-state index in [2.05, 4.69) is 31.8 Å². The summed E-state index contributed by atoms with van der Waals surface area (Å²) in [6.07, 6.45) is 6.76. The number of allylic oxidation sites excluding steroid dienone is 1. The average molecular weight is 223 g/mol. The highest BCUT2D eigenvalue weighted by atomic mass is 28.4. The van der Waals surface area contributed by atoms with Crippen LogP contribution in [0.4, 0.5) is 0 Å². The lowest BCUT2D eigenvalue weighted by atomic mass is 9.88. The summed E-state index contributed by atoms with van der Waals surface area (Å²) < 4.78 is 6.02. The third-order valence-electron chi connectivity index (χ3n) is 2.63. The zero-order valence-electron chi connectivity index (χ0n) is 10.3. The van der Waals surface area contributed by atoms with Crippen molar-refractivity contribution in [3.8, 4) is 6.07 Å². The average Bonchev–Trinajstić information content (AvgIpc) is 2.16. The standard InChI is InChI=1S/C12H21NOSi/c1-12(10-13,14-15(2,3)4)11-8-6-5-7-9-11/h8H,5-7,9H2,1-4H3/t12-/m1/s1. The first-order chi connectivity index (χ1) is 6.87. The molecule has 1 aliphatic rings. The number of hydrogen-bond donors (Lipinski definition) is 0. The first-order valence-corrected chi connectivity index (χ1v) is 9.09. The molecule has 1 atom stereocenters. The zero-order chi connectivity index (χ0) is 11.5. The summed E-state index contributed by atoms with van der Waals surface area (Å²) in [6, 6.07) is 2.35. The Hall–Kier alpha value is -0.593. The van der Waals surface area contributed by atoms with E-state index in [4.69, 9.17) is 4.43 Å². The van der Waals surface area contributed by atoms with Gasteiger partial charge in [0, 0.05) is 0 Å². The maximum Gasteiger partial charge on any atom is 0.186 e. The summed E-state index contributed by atoms with van der Waals surface area (Å²) in [5, 5.41) is 9.31. The van der Waals surface area contributed by atoms with Crippen molar-refractivity contribution < 1.29 is 4.43 Å². The quantitative estimate of drug-likeness (QED) is 0.541. The van der Waals surface area contributed by atoms with Gasteiger partial charge in [-0.05, 0) is 57.8 Å². The second-order valence-electron chi connectivity index (χ2n) is 5.33. The lowest BCUT2D eigenvalue weighted by Crippen LogP contribution is -2.41. The molecular weight excluding hydrogens is 202 g/mol. The lowest BCUT2D eigenvalue weighted by Gasteiger charge is -2.33. The van der Waals surface area contributed by atoms with Crippen LogP contribution in [0.15, 0.2) is 11.6 Å². The van der Waals surface area contributed by atoms with Gasteiger partial charge in [0.25, 0.3) is 0 Å². The van der Waals surface area contributed by atoms with Crippen molar-refractivity contribution in [1.82, 2.24) is 0 Å². The van der Waals surface area contributed by atoms with Gasteiger partial charge in [0.2, 0.25) is 0 Å². The topological polar surface area (TPSA) is 33.0 Å². The summed E-state index contributed by atoms with van der Waals surface area (Å²) in [6.45, 7) is 8.31. The molecule has 1 aliphatic carbocycles. The summed E-state index contributed by atoms with van der Waals surface area (Å²) in [7, 11) is -1.66. The van der Waals surface area contributed by atoms with Crippen LogP contribution in [0, 0.1) is 11.3 Å². The Bertz CT molecular complexity index is 298. The van der Waals surface area contributed by atoms with E-state index in [0.717, 1.165) is 12.8 Å². The molecule has 0 aromatic heterocycles. The molecule has 0 N–H and O–H groups in total. The van der Waals surface area contributed by atoms with Gasteiger partial charge in [-0.3, -0.25) is 0 Å². The van der Waals surface area contributed by atoms with Gasteiger partial charge >= 0.3 is 0 Å². The van der Waals surface area contributed by atoms with E-state index < -0.39 is 13.9 Å². The van der Waals surface area contributed by atoms with Gasteiger partial charge in [-0.15, -0.1) is 0 Å². The van der Waals surface area contributed by atoms with E-state index in [0.29, 0.717) is 0 Å². The zero-order valence-corrected chi connectivity index (χ0v) is 11.3. The molecule has 0 heterocycles. The van der Waals surface area contributed by atoms with E-state index >= 15 is 0 Å². The van der Waals surface area contributed by atoms with Crippen LogP contribution in [0.25, 0.3) is 0 Å². The highest BCUT2D eigenvalue weighted by Gasteiger charge is 2.35. The number of rotatable bonds is 3. The predicted molar refractivity (Wildman–Crippen MR) is 65.0 cm³/mol. The van der Waals surface area contributed by atoms with E-state index in [1.54, 1.807) is 0 Å². The molecule has 3 heteroatoms. The van der Waals surface area contributed by atoms with Crippen molar-refractivity contribution in [3.05, 3.63) is 11.6 Å². The minimum atomic E-state index is -1.66. The van der Waals surface area contributed by atoms with Crippen LogP contribution < -0.4 is 0 Å². The van der Waals surface area contributed by atoms with E-state index in [1.807, 2.05) is 6.92 Å². The van der Waals surface area contributed by atoms with Crippen molar-refractivity contribution in [1.29, 1.82) is 5.26 Å². The Morgan fingerprint density at radius 2 is 2.07 bits per heavy atom. The van der Waals surface area contributed by atoms with Crippen LogP contribution in [-0.2, 0) is 4.43 Å². The van der Waals surface area contributed by atoms with Gasteiger partial charge in [0.05, 0.1) is 0 Å². The summed E-state index contributed by atoms with van der Waals surface area (Å²) in [4.78, 5) is 0. The molecule has 0 bridgehead atoms. The monoisotopic (exact) mass is 223 g/mol. The van der Waals surface area contributed by atoms with Gasteiger partial charge < -0.3 is 4.43 Å². The second kappa shape index (κ2) is 4.50. The van der Waals surface area contributed by atoms with Crippen molar-refractivity contribution >= 4 is 8.32 Å². The Labute approximate surface area is 94.1 Å². The highest BCUT2D eigenvalue weighted by Crippen LogP contribution is 2.32. The third-order valence-corrected chi connectivity index (χ3v) is 3.65. The Morgan fingerprint density at radius 1 is 1.40 bits per heavy atom. The van der Waals surface area contributed by atoms with Crippen LogP contribution in [0.5, 0.6) is 0 Å². The maximum atomic E-state index is 9.31. The molecule has 0 saturated carbocycles. The maximum absolute atomic E-state index is 9.31. The predicted octanol–water partition coefficient (Wildman–Crippen LogP) is 3.62. The molecule has 1 rings (SSSR count). The third kappa shape index (κ3) is 3.47. The first kappa shape index (κ1) is 12.5. The molecule has 0 aromatic rings. The largest absolute Gasteiger partial charge is 0.397 e. The van der Waals surface area contributed by atoms with Crippen molar-refractivity contribution in [3.63, 3.8) is 0 Å². The second-order valence-corrected chi connectivity index (χ2v) is 9.76. The molecule has 2 nitrogen and oxygen atoms in total. The van der Waals surface area contributed by atoms with Crippen molar-refractivity contribution in [2.75, 3.05) is 0 Å². The molecule has 0 aliphatic heterocycles. The molecule has 0 aromatic carbocycles. The number of nitrogens with zero attached hydrogens (tertiary/aromatic N) is 1. The lowest BCUT2D eigenvalue weighted by molar-refractivity contribution is 0.172. The fourth-order valence-electron chi connectivity index (χ4n) is 2.04. The van der Waals surface area contributed by atoms with Crippen molar-refractivity contribution in [2.24, 2.45) is 0 Å². The van der Waals surface area contributed by atoms with Crippen LogP contribution in [0.1, 0.15) is 32.6 Å². The van der Waals surface area contributed by atoms with E-state index in [9.17, 15) is 5.26 Å². The summed E-state index contributed by atoms with van der Waals surface area (Å²) in [5.74, 6) is 0. The van der Waals surface area contributed by atoms with Gasteiger partial charge in [-0.1, -0.05) is 6.08 Å². The van der Waals surface area contributed by atoms with Crippen LogP contribution in [-0.4, -0.2) is 13.9 Å². The smallest absolute Gasteiger partial charge is 0.186 e. The molecule has 0 spiro atoms. The van der Waals surface area contributed by atoms with Crippen LogP contribution in [0.2, 0.25) is 19.6 Å². The van der Waals surface area contributed by atoms with Crippen LogP contribution >= 0.6 is 0 Å². The van der Waals surface area contributed by atoms with E-state index in [1.165, 1.54) is 18.4 Å². The molecule has 0 fully saturated rings. The van der Waals surface area contributed by atoms with Gasteiger partial charge in [0.1, 0.15) is 6.07 Å². The summed E-state index contributed by atoms with van der Waals surface area (Å²) in [5.41, 5.74) is 0.518. The summed E-state index contributed by atoms with van der Waals surface area (Å²) >= 11 is 0. The molecule has 0 saturated heterocycles. The highest BCUT2D eigenvalue weighted by molar-refractivity contribution is 6.69. The van der Waals surface area contributed by atoms with Crippen molar-refractivity contribution in [2.45, 2.75) is 57.8 Å². The Balaban J connectivity index is 2.85. The molecule has 0 unspecified atom stereocenters. The van der Waals surface area contributed by atoms with Gasteiger partial charge in [-0.25, -0.2) is 0 Å². The minimum absolute atomic E-state index is 0.676. The van der Waals surface area contributed by atoms with E-state index in [-0.39, 0.29) is 0 Å². The van der Waals surface area contributed by atoms with Gasteiger partial charge in [0.15, 0.2) is 13.9 Å². The first-order valence-electron chi connectivity index (χ1n) is 5.68. The Morgan fingerprint density at radius 3 is 2.47 bits per heavy atom. The van der Waals surface area contributed by atoms with Gasteiger partial charge in [-0.2, -0.15) is 5.26 Å². The molecule has 15 heavy (non-hydrogen) atoms. The number of hydrogen-bond acceptors (Lipinski definition) is 2. The molecule has 0 radical (unpaired) electrons.